The van der Waals surface area contributed by atoms with E-state index in [1.54, 1.807) is 6.26 Å². The van der Waals surface area contributed by atoms with E-state index in [1.165, 1.54) is 0 Å². The summed E-state index contributed by atoms with van der Waals surface area (Å²) in [6.07, 6.45) is 4.40. The fourth-order valence-electron chi connectivity index (χ4n) is 2.69. The second-order valence-corrected chi connectivity index (χ2v) is 6.62. The van der Waals surface area contributed by atoms with Gasteiger partial charge in [0.1, 0.15) is 11.3 Å². The average molecular weight is 388 g/mol. The Kier molecular flexibility index (Phi) is 3.71. The molecule has 114 valence electrons. The van der Waals surface area contributed by atoms with Crippen molar-refractivity contribution in [3.05, 3.63) is 81.7 Å². The van der Waals surface area contributed by atoms with E-state index >= 15 is 0 Å². The van der Waals surface area contributed by atoms with Crippen LogP contribution in [-0.2, 0) is 6.42 Å². The number of benzene rings is 1. The predicted molar refractivity (Wildman–Crippen MR) is 94.9 cm³/mol. The number of furan rings is 1. The molecule has 3 aromatic heterocycles. The summed E-state index contributed by atoms with van der Waals surface area (Å²) in [5.41, 5.74) is 3.94. The minimum Gasteiger partial charge on any atom is -0.463 e. The number of hydrogen-bond acceptors (Lipinski definition) is 2. The Bertz CT molecular complexity index is 976. The van der Waals surface area contributed by atoms with Gasteiger partial charge in [-0.15, -0.1) is 0 Å². The summed E-state index contributed by atoms with van der Waals surface area (Å²) in [5, 5.41) is 0.733. The first kappa shape index (κ1) is 14.5. The zero-order valence-electron chi connectivity index (χ0n) is 12.0. The number of imidazole rings is 1. The second-order valence-electron chi connectivity index (χ2n) is 5.27. The Morgan fingerprint density at radius 1 is 1.13 bits per heavy atom. The lowest BCUT2D eigenvalue weighted by atomic mass is 10.1. The van der Waals surface area contributed by atoms with Gasteiger partial charge < -0.3 is 8.82 Å². The van der Waals surface area contributed by atoms with Crippen LogP contribution in [0, 0.1) is 0 Å². The summed E-state index contributed by atoms with van der Waals surface area (Å²) in [5.74, 6) is 0.766. The smallest absolute Gasteiger partial charge is 0.154 e. The van der Waals surface area contributed by atoms with Crippen LogP contribution in [0.25, 0.3) is 17.1 Å². The van der Waals surface area contributed by atoms with E-state index in [1.807, 2.05) is 48.7 Å². The Morgan fingerprint density at radius 2 is 2.04 bits per heavy atom. The molecule has 0 aliphatic carbocycles. The molecule has 0 bridgehead atoms. The van der Waals surface area contributed by atoms with Crippen LogP contribution in [-0.4, -0.2) is 9.38 Å². The number of pyridine rings is 1. The van der Waals surface area contributed by atoms with Crippen molar-refractivity contribution >= 4 is 33.2 Å². The highest BCUT2D eigenvalue weighted by Gasteiger charge is 2.16. The van der Waals surface area contributed by atoms with Gasteiger partial charge in [-0.05, 0) is 57.9 Å². The average Bonchev–Trinajstić information content (AvgIpc) is 3.16. The normalized spacial score (nSPS) is 11.2. The van der Waals surface area contributed by atoms with E-state index in [2.05, 4.69) is 26.4 Å². The SMILES string of the molecule is Clc1cccc(Cc2c(-c3ccco3)nc3ccc(Br)cn23)c1. The highest BCUT2D eigenvalue weighted by Crippen LogP contribution is 2.28. The lowest BCUT2D eigenvalue weighted by Gasteiger charge is -2.05. The van der Waals surface area contributed by atoms with Crippen LogP contribution in [0.2, 0.25) is 5.02 Å². The number of rotatable bonds is 3. The van der Waals surface area contributed by atoms with E-state index in [0.29, 0.717) is 6.42 Å². The number of halogens is 2. The minimum atomic E-state index is 0.716. The third-order valence-electron chi connectivity index (χ3n) is 3.70. The zero-order valence-corrected chi connectivity index (χ0v) is 14.4. The second kappa shape index (κ2) is 5.87. The molecule has 4 rings (SSSR count). The molecule has 0 N–H and O–H groups in total. The Morgan fingerprint density at radius 3 is 2.83 bits per heavy atom. The van der Waals surface area contributed by atoms with Crippen LogP contribution in [0.15, 0.2) is 69.9 Å². The molecule has 0 saturated heterocycles. The molecule has 4 aromatic rings. The van der Waals surface area contributed by atoms with Crippen molar-refractivity contribution in [2.24, 2.45) is 0 Å². The van der Waals surface area contributed by atoms with Gasteiger partial charge in [-0.2, -0.15) is 0 Å². The van der Waals surface area contributed by atoms with Crippen LogP contribution in [0.3, 0.4) is 0 Å². The molecule has 0 radical (unpaired) electrons. The van der Waals surface area contributed by atoms with E-state index in [4.69, 9.17) is 21.0 Å². The molecule has 0 aliphatic heterocycles. The molecule has 3 nitrogen and oxygen atoms in total. The van der Waals surface area contributed by atoms with Crippen molar-refractivity contribution in [3.8, 4) is 11.5 Å². The van der Waals surface area contributed by atoms with Gasteiger partial charge in [-0.3, -0.25) is 0 Å². The van der Waals surface area contributed by atoms with Crippen molar-refractivity contribution in [3.63, 3.8) is 0 Å². The summed E-state index contributed by atoms with van der Waals surface area (Å²) in [7, 11) is 0. The molecule has 3 heterocycles. The monoisotopic (exact) mass is 386 g/mol. The third kappa shape index (κ3) is 2.80. The molecule has 0 fully saturated rings. The first-order valence-corrected chi connectivity index (χ1v) is 8.32. The maximum atomic E-state index is 6.12. The Hall–Kier alpha value is -2.04. The fraction of sp³-hybridized carbons (Fsp3) is 0.0556. The molecule has 0 amide bonds. The molecule has 0 spiro atoms. The summed E-state index contributed by atoms with van der Waals surface area (Å²) >= 11 is 9.65. The largest absolute Gasteiger partial charge is 0.463 e. The van der Waals surface area contributed by atoms with Crippen molar-refractivity contribution in [1.82, 2.24) is 9.38 Å². The first-order valence-electron chi connectivity index (χ1n) is 7.15. The molecular formula is C18H12BrClN2O. The number of aromatic nitrogens is 2. The molecule has 0 atom stereocenters. The molecule has 1 aromatic carbocycles. The van der Waals surface area contributed by atoms with Gasteiger partial charge in [0, 0.05) is 22.1 Å². The van der Waals surface area contributed by atoms with E-state index in [0.717, 1.165) is 37.9 Å². The van der Waals surface area contributed by atoms with E-state index < -0.39 is 0 Å². The zero-order chi connectivity index (χ0) is 15.8. The topological polar surface area (TPSA) is 30.4 Å². The van der Waals surface area contributed by atoms with E-state index in [-0.39, 0.29) is 0 Å². The number of nitrogens with zero attached hydrogens (tertiary/aromatic N) is 2. The van der Waals surface area contributed by atoms with Gasteiger partial charge in [0.15, 0.2) is 5.76 Å². The third-order valence-corrected chi connectivity index (χ3v) is 4.40. The van der Waals surface area contributed by atoms with E-state index in [9.17, 15) is 0 Å². The molecule has 5 heteroatoms. The maximum Gasteiger partial charge on any atom is 0.154 e. The van der Waals surface area contributed by atoms with Crippen molar-refractivity contribution in [1.29, 1.82) is 0 Å². The maximum absolute atomic E-state index is 6.12. The van der Waals surface area contributed by atoms with Gasteiger partial charge in [-0.25, -0.2) is 4.98 Å². The summed E-state index contributed by atoms with van der Waals surface area (Å²) in [6.45, 7) is 0. The number of fused-ring (bicyclic) bond motifs is 1. The summed E-state index contributed by atoms with van der Waals surface area (Å²) in [4.78, 5) is 4.73. The van der Waals surface area contributed by atoms with Gasteiger partial charge in [-0.1, -0.05) is 23.7 Å². The van der Waals surface area contributed by atoms with Crippen molar-refractivity contribution in [2.75, 3.05) is 0 Å². The van der Waals surface area contributed by atoms with Crippen molar-refractivity contribution in [2.45, 2.75) is 6.42 Å². The van der Waals surface area contributed by atoms with Gasteiger partial charge >= 0.3 is 0 Å². The molecule has 0 unspecified atom stereocenters. The van der Waals surface area contributed by atoms with Gasteiger partial charge in [0.25, 0.3) is 0 Å². The van der Waals surface area contributed by atoms with Crippen LogP contribution >= 0.6 is 27.5 Å². The molecular weight excluding hydrogens is 376 g/mol. The highest BCUT2D eigenvalue weighted by molar-refractivity contribution is 9.10. The lowest BCUT2D eigenvalue weighted by molar-refractivity contribution is 0.579. The number of hydrogen-bond donors (Lipinski definition) is 0. The first-order chi connectivity index (χ1) is 11.2. The Balaban J connectivity index is 1.91. The van der Waals surface area contributed by atoms with Gasteiger partial charge in [0.2, 0.25) is 0 Å². The fourth-order valence-corrected chi connectivity index (χ4v) is 3.24. The van der Waals surface area contributed by atoms with Crippen LogP contribution in [0.5, 0.6) is 0 Å². The van der Waals surface area contributed by atoms with Crippen LogP contribution in [0.1, 0.15) is 11.3 Å². The predicted octanol–water partition coefficient (Wildman–Crippen LogP) is 5.60. The Labute approximate surface area is 146 Å². The summed E-state index contributed by atoms with van der Waals surface area (Å²) in [6, 6.07) is 15.7. The quantitative estimate of drug-likeness (QED) is 0.458. The van der Waals surface area contributed by atoms with Gasteiger partial charge in [0.05, 0.1) is 12.0 Å². The molecule has 0 aliphatic rings. The van der Waals surface area contributed by atoms with Crippen LogP contribution in [0.4, 0.5) is 0 Å². The lowest BCUT2D eigenvalue weighted by Crippen LogP contribution is -1.96. The van der Waals surface area contributed by atoms with Crippen LogP contribution < -0.4 is 0 Å². The minimum absolute atomic E-state index is 0.716. The standard InChI is InChI=1S/C18H12BrClN2O/c19-13-6-7-17-21-18(16-5-2-8-23-16)15(22(17)11-13)10-12-3-1-4-14(20)9-12/h1-9,11H,10H2. The highest BCUT2D eigenvalue weighted by atomic mass is 79.9. The summed E-state index contributed by atoms with van der Waals surface area (Å²) < 4.78 is 8.65. The van der Waals surface area contributed by atoms with Crippen molar-refractivity contribution < 1.29 is 4.42 Å². The molecule has 0 saturated carbocycles. The molecule has 23 heavy (non-hydrogen) atoms.